The minimum Gasteiger partial charge on any atom is -0.407 e. The van der Waals surface area contributed by atoms with E-state index >= 15 is 0 Å². The van der Waals surface area contributed by atoms with E-state index in [9.17, 15) is 9.50 Å². The van der Waals surface area contributed by atoms with Crippen molar-refractivity contribution in [2.45, 2.75) is 51.8 Å². The van der Waals surface area contributed by atoms with Gasteiger partial charge in [0.05, 0.1) is 6.20 Å². The third kappa shape index (κ3) is 4.69. The van der Waals surface area contributed by atoms with E-state index in [0.717, 1.165) is 12.8 Å². The number of rotatable bonds is 9. The summed E-state index contributed by atoms with van der Waals surface area (Å²) < 4.78 is 22.4. The van der Waals surface area contributed by atoms with Crippen molar-refractivity contribution in [3.63, 3.8) is 0 Å². The van der Waals surface area contributed by atoms with Gasteiger partial charge in [-0.1, -0.05) is 81.4 Å². The van der Waals surface area contributed by atoms with Gasteiger partial charge in [0.25, 0.3) is 8.32 Å². The summed E-state index contributed by atoms with van der Waals surface area (Å²) >= 11 is 0. The molecule has 0 saturated carbocycles. The standard InChI is InChI=1S/C27H32FN3O2Si/c1-27(2,3)34(22-12-6-4-7-13-22,23-14-8-5-9-15-23)33-17-11-10-16-31-25(20-32)30-24-18-21(28)19-29-26(24)31/h4-9,12-15,18-19,32H,10-11,16-17,20H2,1-3H3. The molecule has 2 aromatic carbocycles. The first-order chi connectivity index (χ1) is 16.4. The first-order valence-electron chi connectivity index (χ1n) is 11.7. The van der Waals surface area contributed by atoms with E-state index in [4.69, 9.17) is 4.43 Å². The molecule has 4 aromatic rings. The monoisotopic (exact) mass is 477 g/mol. The molecule has 0 bridgehead atoms. The first-order valence-corrected chi connectivity index (χ1v) is 13.6. The molecule has 0 radical (unpaired) electrons. The van der Waals surface area contributed by atoms with Crippen LogP contribution in [0.5, 0.6) is 0 Å². The van der Waals surface area contributed by atoms with Crippen molar-refractivity contribution in [1.29, 1.82) is 0 Å². The third-order valence-corrected chi connectivity index (χ3v) is 11.3. The number of hydrogen-bond donors (Lipinski definition) is 1. The van der Waals surface area contributed by atoms with E-state index < -0.39 is 14.1 Å². The van der Waals surface area contributed by atoms with Crippen LogP contribution in [-0.4, -0.2) is 34.6 Å². The number of pyridine rings is 1. The molecule has 0 unspecified atom stereocenters. The zero-order chi connectivity index (χ0) is 24.2. The normalized spacial score (nSPS) is 12.4. The Morgan fingerprint density at radius 3 is 2.15 bits per heavy atom. The van der Waals surface area contributed by atoms with Crippen LogP contribution in [0.4, 0.5) is 4.39 Å². The molecular formula is C27H32FN3O2Si. The smallest absolute Gasteiger partial charge is 0.261 e. The van der Waals surface area contributed by atoms with Gasteiger partial charge in [-0.15, -0.1) is 0 Å². The van der Waals surface area contributed by atoms with Crippen LogP contribution >= 0.6 is 0 Å². The average molecular weight is 478 g/mol. The maximum absolute atomic E-state index is 13.5. The van der Waals surface area contributed by atoms with Gasteiger partial charge in [0.1, 0.15) is 23.8 Å². The summed E-state index contributed by atoms with van der Waals surface area (Å²) in [5, 5.41) is 12.2. The quantitative estimate of drug-likeness (QED) is 0.286. The highest BCUT2D eigenvalue weighted by Gasteiger charge is 2.49. The molecule has 0 saturated heterocycles. The van der Waals surface area contributed by atoms with Crippen molar-refractivity contribution >= 4 is 29.9 Å². The molecule has 0 aliphatic rings. The second-order valence-electron chi connectivity index (χ2n) is 9.55. The highest BCUT2D eigenvalue weighted by molar-refractivity contribution is 6.99. The number of nitrogens with zero attached hydrogens (tertiary/aromatic N) is 3. The fraction of sp³-hybridized carbons (Fsp3) is 0.333. The van der Waals surface area contributed by atoms with Gasteiger partial charge in [-0.25, -0.2) is 14.4 Å². The number of hydrogen-bond acceptors (Lipinski definition) is 4. The van der Waals surface area contributed by atoms with E-state index in [1.54, 1.807) is 0 Å². The van der Waals surface area contributed by atoms with Crippen molar-refractivity contribution < 1.29 is 13.9 Å². The van der Waals surface area contributed by atoms with Crippen molar-refractivity contribution in [3.05, 3.63) is 84.6 Å². The van der Waals surface area contributed by atoms with Gasteiger partial charge in [0, 0.05) is 19.2 Å². The molecule has 0 aliphatic heterocycles. The number of unbranched alkanes of at least 4 members (excludes halogenated alkanes) is 1. The molecule has 7 heteroatoms. The highest BCUT2D eigenvalue weighted by atomic mass is 28.4. The average Bonchev–Trinajstić information content (AvgIpc) is 3.18. The number of aromatic nitrogens is 3. The molecule has 0 aliphatic carbocycles. The van der Waals surface area contributed by atoms with Crippen LogP contribution in [0.3, 0.4) is 0 Å². The van der Waals surface area contributed by atoms with Crippen LogP contribution < -0.4 is 10.4 Å². The van der Waals surface area contributed by atoms with Crippen LogP contribution in [0.1, 0.15) is 39.4 Å². The van der Waals surface area contributed by atoms with E-state index in [0.29, 0.717) is 30.1 Å². The number of aryl methyl sites for hydroxylation is 1. The Morgan fingerprint density at radius 2 is 1.59 bits per heavy atom. The molecule has 5 nitrogen and oxygen atoms in total. The van der Waals surface area contributed by atoms with Crippen molar-refractivity contribution in [3.8, 4) is 0 Å². The highest BCUT2D eigenvalue weighted by Crippen LogP contribution is 2.36. The fourth-order valence-electron chi connectivity index (χ4n) is 4.75. The molecule has 178 valence electrons. The van der Waals surface area contributed by atoms with Gasteiger partial charge in [-0.2, -0.15) is 0 Å². The molecular weight excluding hydrogens is 445 g/mol. The van der Waals surface area contributed by atoms with Gasteiger partial charge < -0.3 is 14.1 Å². The Hall–Kier alpha value is -2.87. The topological polar surface area (TPSA) is 60.2 Å². The Kier molecular flexibility index (Phi) is 7.26. The number of aliphatic hydroxyl groups excluding tert-OH is 1. The van der Waals surface area contributed by atoms with E-state index in [1.807, 2.05) is 16.7 Å². The summed E-state index contributed by atoms with van der Waals surface area (Å²) in [6, 6.07) is 22.6. The Bertz CT molecular complexity index is 1180. The molecule has 2 aromatic heterocycles. The molecule has 0 fully saturated rings. The first kappa shape index (κ1) is 24.3. The summed E-state index contributed by atoms with van der Waals surface area (Å²) in [4.78, 5) is 8.52. The van der Waals surface area contributed by atoms with Crippen LogP contribution in [0.2, 0.25) is 5.04 Å². The van der Waals surface area contributed by atoms with E-state index in [-0.39, 0.29) is 11.6 Å². The van der Waals surface area contributed by atoms with E-state index in [2.05, 4.69) is 79.3 Å². The summed E-state index contributed by atoms with van der Waals surface area (Å²) in [5.74, 6) is 0.0707. The van der Waals surface area contributed by atoms with Gasteiger partial charge in [0.2, 0.25) is 0 Å². The second kappa shape index (κ2) is 10.2. The Labute approximate surface area is 201 Å². The predicted octanol–water partition coefficient (Wildman–Crippen LogP) is 4.42. The summed E-state index contributed by atoms with van der Waals surface area (Å²) in [6.45, 7) is 7.86. The number of imidazole rings is 1. The van der Waals surface area contributed by atoms with Gasteiger partial charge >= 0.3 is 0 Å². The second-order valence-corrected chi connectivity index (χ2v) is 13.9. The molecule has 0 spiro atoms. The van der Waals surface area contributed by atoms with Gasteiger partial charge in [-0.05, 0) is 28.3 Å². The predicted molar refractivity (Wildman–Crippen MR) is 136 cm³/mol. The zero-order valence-corrected chi connectivity index (χ0v) is 21.0. The van der Waals surface area contributed by atoms with Crippen molar-refractivity contribution in [2.24, 2.45) is 0 Å². The van der Waals surface area contributed by atoms with Crippen LogP contribution in [0.25, 0.3) is 11.2 Å². The minimum atomic E-state index is -2.55. The van der Waals surface area contributed by atoms with Crippen LogP contribution in [0, 0.1) is 5.82 Å². The summed E-state index contributed by atoms with van der Waals surface area (Å²) in [6.07, 6.45) is 2.86. The van der Waals surface area contributed by atoms with Gasteiger partial charge in [-0.3, -0.25) is 0 Å². The lowest BCUT2D eigenvalue weighted by atomic mass is 10.2. The molecule has 34 heavy (non-hydrogen) atoms. The maximum atomic E-state index is 13.5. The van der Waals surface area contributed by atoms with Crippen LogP contribution in [0.15, 0.2) is 72.9 Å². The maximum Gasteiger partial charge on any atom is 0.261 e. The van der Waals surface area contributed by atoms with Crippen molar-refractivity contribution in [1.82, 2.24) is 14.5 Å². The Balaban J connectivity index is 1.53. The molecule has 0 amide bonds. The number of halogens is 1. The molecule has 1 N–H and O–H groups in total. The van der Waals surface area contributed by atoms with Gasteiger partial charge in [0.15, 0.2) is 5.65 Å². The lowest BCUT2D eigenvalue weighted by Crippen LogP contribution is -2.66. The Morgan fingerprint density at radius 1 is 0.971 bits per heavy atom. The number of aliphatic hydroxyl groups is 1. The summed E-state index contributed by atoms with van der Waals surface area (Å²) in [7, 11) is -2.55. The molecule has 0 atom stereocenters. The fourth-order valence-corrected chi connectivity index (χ4v) is 9.35. The lowest BCUT2D eigenvalue weighted by Gasteiger charge is -2.43. The lowest BCUT2D eigenvalue weighted by molar-refractivity contribution is 0.262. The number of benzene rings is 2. The largest absolute Gasteiger partial charge is 0.407 e. The summed E-state index contributed by atoms with van der Waals surface area (Å²) in [5.41, 5.74) is 1.06. The SMILES string of the molecule is CC(C)(C)[Si](OCCCCn1c(CO)nc2cc(F)cnc21)(c1ccccc1)c1ccccc1. The van der Waals surface area contributed by atoms with Crippen molar-refractivity contribution in [2.75, 3.05) is 6.61 Å². The minimum absolute atomic E-state index is 0.0612. The molecule has 2 heterocycles. The third-order valence-electron chi connectivity index (χ3n) is 6.28. The van der Waals surface area contributed by atoms with Crippen LogP contribution in [-0.2, 0) is 17.6 Å². The number of fused-ring (bicyclic) bond motifs is 1. The molecule has 4 rings (SSSR count). The zero-order valence-electron chi connectivity index (χ0n) is 20.0. The van der Waals surface area contributed by atoms with E-state index in [1.165, 1.54) is 22.6 Å².